The largest absolute Gasteiger partial charge is 0.402 e. The van der Waals surface area contributed by atoms with Crippen LogP contribution >= 0.6 is 0 Å². The van der Waals surface area contributed by atoms with Crippen LogP contribution in [0.25, 0.3) is 0 Å². The molecule has 2 atom stereocenters. The van der Waals surface area contributed by atoms with Crippen molar-refractivity contribution < 1.29 is 30.8 Å². The van der Waals surface area contributed by atoms with E-state index in [1.165, 1.54) is 31.2 Å². The van der Waals surface area contributed by atoms with E-state index in [0.29, 0.717) is 24.3 Å². The van der Waals surface area contributed by atoms with Gasteiger partial charge in [-0.3, -0.25) is 4.79 Å². The van der Waals surface area contributed by atoms with Gasteiger partial charge in [-0.15, -0.1) is 0 Å². The van der Waals surface area contributed by atoms with Gasteiger partial charge in [-0.1, -0.05) is 36.4 Å². The number of halogens is 4. The molecule has 2 aromatic rings. The maximum absolute atomic E-state index is 15.0. The monoisotopic (exact) mass is 499 g/mol. The molecule has 0 unspecified atom stereocenters. The van der Waals surface area contributed by atoms with E-state index < -0.39 is 40.9 Å². The van der Waals surface area contributed by atoms with Crippen LogP contribution in [0.1, 0.15) is 24.5 Å². The Morgan fingerprint density at radius 1 is 1.09 bits per heavy atom. The first-order valence-electron chi connectivity index (χ1n) is 10.8. The lowest BCUT2D eigenvalue weighted by atomic mass is 10.1. The second kappa shape index (κ2) is 9.18. The maximum atomic E-state index is 15.0. The third-order valence-corrected chi connectivity index (χ3v) is 8.04. The van der Waals surface area contributed by atoms with Crippen molar-refractivity contribution in [3.63, 3.8) is 0 Å². The van der Waals surface area contributed by atoms with Crippen molar-refractivity contribution >= 4 is 21.6 Å². The molecule has 2 heterocycles. The summed E-state index contributed by atoms with van der Waals surface area (Å²) in [7, 11) is -4.37. The number of carbonyl (C=O) groups is 1. The van der Waals surface area contributed by atoms with Gasteiger partial charge in [0.05, 0.1) is 11.8 Å². The smallest absolute Gasteiger partial charge is 0.365 e. The molecular formula is C23H25F4N3O3S. The lowest BCUT2D eigenvalue weighted by Crippen LogP contribution is -2.48. The van der Waals surface area contributed by atoms with Crippen molar-refractivity contribution in [1.82, 2.24) is 9.21 Å². The Hall–Kier alpha value is -2.66. The molecular weight excluding hydrogens is 474 g/mol. The summed E-state index contributed by atoms with van der Waals surface area (Å²) < 4.78 is 80.4. The molecule has 2 saturated heterocycles. The van der Waals surface area contributed by atoms with E-state index >= 15 is 0 Å². The summed E-state index contributed by atoms with van der Waals surface area (Å²) in [6.45, 7) is 0.165. The van der Waals surface area contributed by atoms with E-state index in [0.717, 1.165) is 6.42 Å². The zero-order valence-electron chi connectivity index (χ0n) is 18.5. The highest BCUT2D eigenvalue weighted by Gasteiger charge is 2.44. The quantitative estimate of drug-likeness (QED) is 0.547. The van der Waals surface area contributed by atoms with E-state index in [1.54, 1.807) is 29.2 Å². The Labute approximate surface area is 195 Å². The first-order valence-corrected chi connectivity index (χ1v) is 12.4. The molecule has 34 heavy (non-hydrogen) atoms. The highest BCUT2D eigenvalue weighted by molar-refractivity contribution is 7.88. The minimum Gasteiger partial charge on any atom is -0.365 e. The normalized spacial score (nSPS) is 20.4. The van der Waals surface area contributed by atoms with Crippen LogP contribution in [-0.2, 0) is 27.1 Å². The molecule has 6 nitrogen and oxygen atoms in total. The van der Waals surface area contributed by atoms with Gasteiger partial charge in [-0.05, 0) is 24.1 Å². The lowest BCUT2D eigenvalue weighted by Gasteiger charge is -2.35. The Morgan fingerprint density at radius 2 is 1.79 bits per heavy atom. The fraction of sp³-hybridized carbons (Fsp3) is 0.435. The van der Waals surface area contributed by atoms with Crippen LogP contribution in [-0.4, -0.2) is 61.4 Å². The molecule has 2 aliphatic heterocycles. The first kappa shape index (κ1) is 24.5. The summed E-state index contributed by atoms with van der Waals surface area (Å²) in [5.74, 6) is -1.39. The molecule has 0 N–H and O–H groups in total. The number of hydrogen-bond donors (Lipinski definition) is 0. The van der Waals surface area contributed by atoms with E-state index in [2.05, 4.69) is 0 Å². The van der Waals surface area contributed by atoms with Crippen LogP contribution in [0.4, 0.5) is 23.2 Å². The maximum Gasteiger partial charge on any atom is 0.402 e. The Kier molecular flexibility index (Phi) is 6.61. The van der Waals surface area contributed by atoms with Gasteiger partial charge in [-0.2, -0.15) is 17.5 Å². The van der Waals surface area contributed by atoms with Crippen LogP contribution in [0, 0.1) is 5.82 Å². The fourth-order valence-electron chi connectivity index (χ4n) is 4.73. The number of anilines is 1. The standard InChI is InChI=1S/C23H25F4N3O3S/c1-16(31)29-12-21-9-20(29)13-30(21)19-8-7-18(22(24)10-19)11-28(15-23(25,26)27)34(32,33)14-17-5-3-2-4-6-17/h2-8,10,20-21H,9,11-15H2,1H3/t20-,21-/m0/s1. The van der Waals surface area contributed by atoms with Gasteiger partial charge in [0.1, 0.15) is 12.4 Å². The van der Waals surface area contributed by atoms with Crippen LogP contribution in [0.3, 0.4) is 0 Å². The van der Waals surface area contributed by atoms with Gasteiger partial charge in [-0.25, -0.2) is 12.8 Å². The first-order chi connectivity index (χ1) is 15.9. The summed E-state index contributed by atoms with van der Waals surface area (Å²) in [4.78, 5) is 15.5. The molecule has 184 valence electrons. The predicted octanol–water partition coefficient (Wildman–Crippen LogP) is 3.53. The van der Waals surface area contributed by atoms with Crippen molar-refractivity contribution in [2.24, 2.45) is 0 Å². The molecule has 0 aliphatic carbocycles. The predicted molar refractivity (Wildman–Crippen MR) is 119 cm³/mol. The number of likely N-dealkylation sites (tertiary alicyclic amines) is 1. The third-order valence-electron chi connectivity index (χ3n) is 6.30. The zero-order valence-corrected chi connectivity index (χ0v) is 19.3. The number of carbonyl (C=O) groups excluding carboxylic acids is 1. The summed E-state index contributed by atoms with van der Waals surface area (Å²) in [6.07, 6.45) is -4.00. The molecule has 2 fully saturated rings. The minimum atomic E-state index is -4.78. The van der Waals surface area contributed by atoms with Gasteiger partial charge in [0.15, 0.2) is 0 Å². The molecule has 0 spiro atoms. The molecule has 0 saturated carbocycles. The van der Waals surface area contributed by atoms with Crippen molar-refractivity contribution in [2.45, 2.75) is 43.9 Å². The highest BCUT2D eigenvalue weighted by atomic mass is 32.2. The number of hydrogen-bond acceptors (Lipinski definition) is 4. The van der Waals surface area contributed by atoms with Gasteiger partial charge in [0.25, 0.3) is 0 Å². The summed E-state index contributed by atoms with van der Waals surface area (Å²) in [5, 5.41) is 0. The van der Waals surface area contributed by atoms with Crippen LogP contribution in [0.2, 0.25) is 0 Å². The zero-order chi connectivity index (χ0) is 24.7. The second-order valence-corrected chi connectivity index (χ2v) is 10.7. The molecule has 0 aromatic heterocycles. The van der Waals surface area contributed by atoms with Gasteiger partial charge >= 0.3 is 6.18 Å². The van der Waals surface area contributed by atoms with Crippen molar-refractivity contribution in [2.75, 3.05) is 24.5 Å². The van der Waals surface area contributed by atoms with Crippen molar-refractivity contribution in [3.8, 4) is 0 Å². The topological polar surface area (TPSA) is 60.9 Å². The third kappa shape index (κ3) is 5.35. The molecule has 2 aliphatic rings. The molecule has 4 rings (SSSR count). The number of piperazine rings is 1. The molecule has 11 heteroatoms. The Bertz CT molecular complexity index is 1160. The minimum absolute atomic E-state index is 0.00449. The Morgan fingerprint density at radius 3 is 2.35 bits per heavy atom. The molecule has 0 radical (unpaired) electrons. The van der Waals surface area contributed by atoms with E-state index in [4.69, 9.17) is 0 Å². The number of benzene rings is 2. The number of rotatable bonds is 7. The van der Waals surface area contributed by atoms with E-state index in [1.807, 2.05) is 4.90 Å². The molecule has 2 bridgehead atoms. The molecule has 2 aromatic carbocycles. The SMILES string of the molecule is CC(=O)N1C[C@@H]2C[C@H]1CN2c1ccc(CN(CC(F)(F)F)S(=O)(=O)Cc2ccccc2)c(F)c1. The van der Waals surface area contributed by atoms with Gasteiger partial charge in [0.2, 0.25) is 15.9 Å². The fourth-order valence-corrected chi connectivity index (χ4v) is 6.21. The number of sulfonamides is 1. The van der Waals surface area contributed by atoms with Crippen LogP contribution in [0.15, 0.2) is 48.5 Å². The summed E-state index contributed by atoms with van der Waals surface area (Å²) >= 11 is 0. The number of nitrogens with zero attached hydrogens (tertiary/aromatic N) is 3. The van der Waals surface area contributed by atoms with Crippen LogP contribution < -0.4 is 4.90 Å². The Balaban J connectivity index is 1.52. The highest BCUT2D eigenvalue weighted by Crippen LogP contribution is 2.35. The average Bonchev–Trinajstić information content (AvgIpc) is 3.35. The van der Waals surface area contributed by atoms with Crippen molar-refractivity contribution in [1.29, 1.82) is 0 Å². The van der Waals surface area contributed by atoms with E-state index in [-0.39, 0.29) is 27.9 Å². The number of amides is 1. The number of fused-ring (bicyclic) bond motifs is 2. The second-order valence-electron chi connectivity index (χ2n) is 8.77. The van der Waals surface area contributed by atoms with E-state index in [9.17, 15) is 30.8 Å². The summed E-state index contributed by atoms with van der Waals surface area (Å²) in [5.41, 5.74) is 0.764. The average molecular weight is 500 g/mol. The van der Waals surface area contributed by atoms with Gasteiger partial charge < -0.3 is 9.80 Å². The lowest BCUT2D eigenvalue weighted by molar-refractivity contribution is -0.137. The van der Waals surface area contributed by atoms with Gasteiger partial charge in [0, 0.05) is 43.9 Å². The summed E-state index contributed by atoms with van der Waals surface area (Å²) in [6, 6.07) is 12.1. The number of alkyl halides is 3. The van der Waals surface area contributed by atoms with Crippen LogP contribution in [0.5, 0.6) is 0 Å². The molecule has 1 amide bonds. The van der Waals surface area contributed by atoms with Crippen molar-refractivity contribution in [3.05, 3.63) is 65.5 Å².